The van der Waals surface area contributed by atoms with E-state index in [1.165, 1.54) is 7.11 Å². The van der Waals surface area contributed by atoms with Crippen LogP contribution in [0.15, 0.2) is 52.9 Å². The molecular weight excluding hydrogens is 417 g/mol. The zero-order valence-electron chi connectivity index (χ0n) is 15.7. The first-order chi connectivity index (χ1) is 13.9. The fraction of sp³-hybridized carbons (Fsp3) is 0.190. The maximum absolute atomic E-state index is 12.5. The minimum Gasteiger partial charge on any atom is -0.496 e. The van der Waals surface area contributed by atoms with Gasteiger partial charge in [0.15, 0.2) is 6.10 Å². The Hall–Kier alpha value is -2.67. The Kier molecular flexibility index (Phi) is 6.69. The molecule has 2 N–H and O–H groups in total. The largest absolute Gasteiger partial charge is 0.496 e. The second kappa shape index (κ2) is 9.22. The standard InChI is InChI=1S/C21H19Cl2NO5/c1-12(28-19-7-3-13(22)9-17(19)23)21(26)24-14-4-6-16(20(10-14)27-2)18-8-5-15(11-25)29-18/h3-10,12,25H,11H2,1-2H3,(H,24,26)/t12-/m0/s1. The summed E-state index contributed by atoms with van der Waals surface area (Å²) in [6, 6.07) is 13.4. The number of anilines is 1. The Morgan fingerprint density at radius 1 is 1.14 bits per heavy atom. The predicted molar refractivity (Wildman–Crippen MR) is 112 cm³/mol. The number of amides is 1. The van der Waals surface area contributed by atoms with Gasteiger partial charge >= 0.3 is 0 Å². The molecule has 3 rings (SSSR count). The van der Waals surface area contributed by atoms with Gasteiger partial charge in [0.2, 0.25) is 0 Å². The Labute approximate surface area is 178 Å². The Morgan fingerprint density at radius 2 is 1.93 bits per heavy atom. The highest BCUT2D eigenvalue weighted by atomic mass is 35.5. The van der Waals surface area contributed by atoms with E-state index in [4.69, 9.17) is 42.2 Å². The summed E-state index contributed by atoms with van der Waals surface area (Å²) in [7, 11) is 1.52. The van der Waals surface area contributed by atoms with E-state index in [0.29, 0.717) is 44.3 Å². The van der Waals surface area contributed by atoms with E-state index in [0.717, 1.165) is 0 Å². The highest BCUT2D eigenvalue weighted by Crippen LogP contribution is 2.34. The number of furan rings is 1. The van der Waals surface area contributed by atoms with E-state index < -0.39 is 6.10 Å². The van der Waals surface area contributed by atoms with Crippen LogP contribution in [0.25, 0.3) is 11.3 Å². The second-order valence-corrected chi connectivity index (χ2v) is 7.01. The van der Waals surface area contributed by atoms with E-state index in [2.05, 4.69) is 5.32 Å². The lowest BCUT2D eigenvalue weighted by atomic mass is 10.1. The zero-order chi connectivity index (χ0) is 21.0. The number of rotatable bonds is 7. The van der Waals surface area contributed by atoms with Gasteiger partial charge in [-0.2, -0.15) is 0 Å². The van der Waals surface area contributed by atoms with Crippen LogP contribution in [0, 0.1) is 0 Å². The fourth-order valence-corrected chi connectivity index (χ4v) is 3.09. The number of nitrogens with one attached hydrogen (secondary N) is 1. The lowest BCUT2D eigenvalue weighted by molar-refractivity contribution is -0.122. The highest BCUT2D eigenvalue weighted by molar-refractivity contribution is 6.35. The number of carbonyl (C=O) groups excluding carboxylic acids is 1. The molecule has 0 aliphatic rings. The van der Waals surface area contributed by atoms with Crippen molar-refractivity contribution in [2.75, 3.05) is 12.4 Å². The van der Waals surface area contributed by atoms with Gasteiger partial charge in [-0.1, -0.05) is 23.2 Å². The molecule has 0 aliphatic carbocycles. The van der Waals surface area contributed by atoms with Crippen molar-refractivity contribution in [3.63, 3.8) is 0 Å². The SMILES string of the molecule is COc1cc(NC(=O)[C@H](C)Oc2ccc(Cl)cc2Cl)ccc1-c1ccc(CO)o1. The number of hydrogen-bond donors (Lipinski definition) is 2. The summed E-state index contributed by atoms with van der Waals surface area (Å²) in [5.41, 5.74) is 1.23. The molecule has 6 nitrogen and oxygen atoms in total. The van der Waals surface area contributed by atoms with Crippen molar-refractivity contribution < 1.29 is 23.8 Å². The molecule has 0 fully saturated rings. The van der Waals surface area contributed by atoms with Crippen LogP contribution in [-0.2, 0) is 11.4 Å². The topological polar surface area (TPSA) is 80.9 Å². The lowest BCUT2D eigenvalue weighted by Crippen LogP contribution is -2.30. The molecule has 152 valence electrons. The third kappa shape index (κ3) is 5.03. The molecule has 0 saturated carbocycles. The number of aliphatic hydroxyl groups excluding tert-OH is 1. The first-order valence-corrected chi connectivity index (χ1v) is 9.47. The van der Waals surface area contributed by atoms with Crippen LogP contribution in [0.3, 0.4) is 0 Å². The van der Waals surface area contributed by atoms with Gasteiger partial charge in [0.1, 0.15) is 29.6 Å². The summed E-state index contributed by atoms with van der Waals surface area (Å²) >= 11 is 12.0. The number of carbonyl (C=O) groups is 1. The van der Waals surface area contributed by atoms with Crippen molar-refractivity contribution in [2.24, 2.45) is 0 Å². The average molecular weight is 436 g/mol. The number of methoxy groups -OCH3 is 1. The molecule has 8 heteroatoms. The van der Waals surface area contributed by atoms with E-state index in [-0.39, 0.29) is 12.5 Å². The van der Waals surface area contributed by atoms with Crippen LogP contribution >= 0.6 is 23.2 Å². The van der Waals surface area contributed by atoms with Gasteiger partial charge in [0, 0.05) is 16.8 Å². The normalized spacial score (nSPS) is 11.8. The summed E-state index contributed by atoms with van der Waals surface area (Å²) in [6.45, 7) is 1.43. The van der Waals surface area contributed by atoms with Crippen molar-refractivity contribution in [1.82, 2.24) is 0 Å². The molecule has 0 radical (unpaired) electrons. The van der Waals surface area contributed by atoms with E-state index in [1.807, 2.05) is 0 Å². The predicted octanol–water partition coefficient (Wildman–Crippen LogP) is 5.16. The van der Waals surface area contributed by atoms with Crippen LogP contribution in [0.1, 0.15) is 12.7 Å². The third-order valence-electron chi connectivity index (χ3n) is 4.12. The summed E-state index contributed by atoms with van der Waals surface area (Å²) in [5.74, 6) is 1.52. The second-order valence-electron chi connectivity index (χ2n) is 6.16. The van der Waals surface area contributed by atoms with Crippen molar-refractivity contribution in [1.29, 1.82) is 0 Å². The Bertz CT molecular complexity index is 1020. The first-order valence-electron chi connectivity index (χ1n) is 8.72. The molecular formula is C21H19Cl2NO5. The summed E-state index contributed by atoms with van der Waals surface area (Å²) in [6.07, 6.45) is -0.795. The molecule has 0 spiro atoms. The van der Waals surface area contributed by atoms with Gasteiger partial charge in [0.25, 0.3) is 5.91 Å². The molecule has 1 heterocycles. The molecule has 0 unspecified atom stereocenters. The van der Waals surface area contributed by atoms with Crippen LogP contribution in [-0.4, -0.2) is 24.2 Å². The van der Waals surface area contributed by atoms with Crippen LogP contribution in [0.5, 0.6) is 11.5 Å². The van der Waals surface area contributed by atoms with Crippen LogP contribution < -0.4 is 14.8 Å². The number of hydrogen-bond acceptors (Lipinski definition) is 5. The molecule has 1 amide bonds. The van der Waals surface area contributed by atoms with Gasteiger partial charge in [0.05, 0.1) is 17.7 Å². The van der Waals surface area contributed by atoms with Gasteiger partial charge in [-0.15, -0.1) is 0 Å². The molecule has 0 aliphatic heterocycles. The molecule has 0 bridgehead atoms. The maximum Gasteiger partial charge on any atom is 0.265 e. The van der Waals surface area contributed by atoms with Gasteiger partial charge in [-0.25, -0.2) is 0 Å². The summed E-state index contributed by atoms with van der Waals surface area (Å²) in [5, 5.41) is 12.7. The molecule has 29 heavy (non-hydrogen) atoms. The number of aliphatic hydroxyl groups is 1. The number of ether oxygens (including phenoxy) is 2. The Morgan fingerprint density at radius 3 is 2.59 bits per heavy atom. The van der Waals surface area contributed by atoms with Crippen LogP contribution in [0.4, 0.5) is 5.69 Å². The maximum atomic E-state index is 12.5. The minimum absolute atomic E-state index is 0.189. The summed E-state index contributed by atoms with van der Waals surface area (Å²) in [4.78, 5) is 12.5. The van der Waals surface area contributed by atoms with Gasteiger partial charge in [-0.3, -0.25) is 4.79 Å². The third-order valence-corrected chi connectivity index (χ3v) is 4.65. The quantitative estimate of drug-likeness (QED) is 0.535. The molecule has 1 aromatic heterocycles. The fourth-order valence-electron chi connectivity index (χ4n) is 2.64. The summed E-state index contributed by atoms with van der Waals surface area (Å²) < 4.78 is 16.6. The van der Waals surface area contributed by atoms with Crippen molar-refractivity contribution in [2.45, 2.75) is 19.6 Å². The van der Waals surface area contributed by atoms with Gasteiger partial charge in [-0.05, 0) is 49.4 Å². The molecule has 2 aromatic carbocycles. The first kappa shape index (κ1) is 21.0. The molecule has 1 atom stereocenters. The lowest BCUT2D eigenvalue weighted by Gasteiger charge is -2.16. The smallest absolute Gasteiger partial charge is 0.265 e. The number of halogens is 2. The monoisotopic (exact) mass is 435 g/mol. The van der Waals surface area contributed by atoms with E-state index in [9.17, 15) is 4.79 Å². The van der Waals surface area contributed by atoms with Crippen molar-refractivity contribution >= 4 is 34.8 Å². The van der Waals surface area contributed by atoms with E-state index >= 15 is 0 Å². The highest BCUT2D eigenvalue weighted by Gasteiger charge is 2.18. The minimum atomic E-state index is -0.795. The van der Waals surface area contributed by atoms with Crippen molar-refractivity contribution in [3.05, 3.63) is 64.3 Å². The van der Waals surface area contributed by atoms with Crippen LogP contribution in [0.2, 0.25) is 10.0 Å². The van der Waals surface area contributed by atoms with Gasteiger partial charge < -0.3 is 24.3 Å². The molecule has 0 saturated heterocycles. The molecule has 3 aromatic rings. The van der Waals surface area contributed by atoms with Crippen molar-refractivity contribution in [3.8, 4) is 22.8 Å². The zero-order valence-corrected chi connectivity index (χ0v) is 17.3. The van der Waals surface area contributed by atoms with E-state index in [1.54, 1.807) is 55.5 Å². The number of benzene rings is 2. The average Bonchev–Trinajstić information content (AvgIpc) is 3.19. The Balaban J connectivity index is 1.72.